The number of fused-ring (bicyclic) bond motifs is 1. The summed E-state index contributed by atoms with van der Waals surface area (Å²) in [6.07, 6.45) is 0.757. The third-order valence-corrected chi connectivity index (χ3v) is 5.91. The minimum Gasteiger partial charge on any atom is -0.346 e. The van der Waals surface area contributed by atoms with Gasteiger partial charge in [-0.3, -0.25) is 19.3 Å². The quantitative estimate of drug-likeness (QED) is 0.573. The maximum absolute atomic E-state index is 12.6. The maximum atomic E-state index is 12.6. The van der Waals surface area contributed by atoms with Crippen LogP contribution in [0.3, 0.4) is 0 Å². The Morgan fingerprint density at radius 1 is 1.06 bits per heavy atom. The molecule has 1 aromatic heterocycles. The molecular weight excluding hydrogens is 410 g/mol. The molecule has 7 heteroatoms. The van der Waals surface area contributed by atoms with E-state index in [1.165, 1.54) is 16.5 Å². The fraction of sp³-hybridized carbons (Fsp3) is 0.250. The molecule has 158 valence electrons. The van der Waals surface area contributed by atoms with Crippen molar-refractivity contribution < 1.29 is 14.4 Å². The summed E-state index contributed by atoms with van der Waals surface area (Å²) in [4.78, 5) is 43.5. The molecule has 0 radical (unpaired) electrons. The molecule has 1 aliphatic rings. The Bertz CT molecular complexity index is 1140. The number of rotatable bonds is 7. The lowest BCUT2D eigenvalue weighted by molar-refractivity contribution is 0.0636. The Labute approximate surface area is 184 Å². The second-order valence-electron chi connectivity index (χ2n) is 7.95. The normalized spacial score (nSPS) is 13.1. The molecule has 3 amide bonds. The van der Waals surface area contributed by atoms with Crippen LogP contribution in [0.4, 0.5) is 0 Å². The summed E-state index contributed by atoms with van der Waals surface area (Å²) in [5, 5.41) is 5.77. The molecule has 2 aromatic carbocycles. The van der Waals surface area contributed by atoms with Crippen molar-refractivity contribution in [1.82, 2.24) is 15.2 Å². The second kappa shape index (κ2) is 8.81. The highest BCUT2D eigenvalue weighted by Crippen LogP contribution is 2.25. The first kappa shape index (κ1) is 20.9. The van der Waals surface area contributed by atoms with E-state index in [-0.39, 0.29) is 29.2 Å². The van der Waals surface area contributed by atoms with Gasteiger partial charge in [-0.1, -0.05) is 44.2 Å². The number of amides is 3. The van der Waals surface area contributed by atoms with Gasteiger partial charge in [0.2, 0.25) is 0 Å². The first-order valence-electron chi connectivity index (χ1n) is 10.2. The van der Waals surface area contributed by atoms with Gasteiger partial charge in [0.1, 0.15) is 0 Å². The molecule has 0 bridgehead atoms. The third-order valence-electron chi connectivity index (χ3n) is 5.01. The molecule has 0 fully saturated rings. The fourth-order valence-corrected chi connectivity index (χ4v) is 4.35. The number of nitrogens with zero attached hydrogens (tertiary/aromatic N) is 2. The van der Waals surface area contributed by atoms with Crippen LogP contribution < -0.4 is 5.32 Å². The molecule has 0 aliphatic carbocycles. The minimum absolute atomic E-state index is 0.176. The van der Waals surface area contributed by atoms with E-state index in [4.69, 9.17) is 0 Å². The van der Waals surface area contributed by atoms with Gasteiger partial charge in [-0.05, 0) is 29.7 Å². The van der Waals surface area contributed by atoms with E-state index in [2.05, 4.69) is 22.4 Å². The van der Waals surface area contributed by atoms with E-state index in [0.717, 1.165) is 17.1 Å². The minimum atomic E-state index is -0.339. The van der Waals surface area contributed by atoms with Crippen LogP contribution in [0.25, 0.3) is 0 Å². The largest absolute Gasteiger partial charge is 0.346 e. The zero-order valence-electron chi connectivity index (χ0n) is 17.4. The number of hydrogen-bond donors (Lipinski definition) is 1. The van der Waals surface area contributed by atoms with Crippen LogP contribution in [-0.4, -0.2) is 34.2 Å². The Hall–Kier alpha value is -3.32. The Kier molecular flexibility index (Phi) is 5.95. The topological polar surface area (TPSA) is 79.4 Å². The summed E-state index contributed by atoms with van der Waals surface area (Å²) in [7, 11) is 0. The molecule has 0 saturated heterocycles. The number of nitrogens with one attached hydrogen (secondary N) is 1. The van der Waals surface area contributed by atoms with E-state index in [0.29, 0.717) is 24.2 Å². The smallest absolute Gasteiger partial charge is 0.261 e. The SMILES string of the molecule is CC(C)CN1C(=O)c2ccc(C(=O)NCc3csc(Cc4ccccc4)n3)cc2C1=O. The fourth-order valence-electron chi connectivity index (χ4n) is 3.52. The van der Waals surface area contributed by atoms with Crippen LogP contribution in [0, 0.1) is 5.92 Å². The highest BCUT2D eigenvalue weighted by atomic mass is 32.1. The number of aromatic nitrogens is 1. The van der Waals surface area contributed by atoms with Crippen LogP contribution in [0.5, 0.6) is 0 Å². The van der Waals surface area contributed by atoms with Crippen molar-refractivity contribution in [3.8, 4) is 0 Å². The summed E-state index contributed by atoms with van der Waals surface area (Å²) in [5.74, 6) is -0.764. The molecule has 0 atom stereocenters. The van der Waals surface area contributed by atoms with Gasteiger partial charge in [-0.15, -0.1) is 11.3 Å². The first-order valence-corrected chi connectivity index (χ1v) is 11.1. The van der Waals surface area contributed by atoms with Crippen molar-refractivity contribution in [3.05, 3.63) is 86.9 Å². The van der Waals surface area contributed by atoms with Crippen LogP contribution in [0.2, 0.25) is 0 Å². The monoisotopic (exact) mass is 433 g/mol. The molecule has 0 spiro atoms. The molecule has 6 nitrogen and oxygen atoms in total. The van der Waals surface area contributed by atoms with E-state index in [1.54, 1.807) is 23.5 Å². The number of imide groups is 1. The van der Waals surface area contributed by atoms with Gasteiger partial charge in [-0.2, -0.15) is 0 Å². The number of thiazole rings is 1. The van der Waals surface area contributed by atoms with Crippen LogP contribution in [0.15, 0.2) is 53.9 Å². The highest BCUT2D eigenvalue weighted by molar-refractivity contribution is 7.09. The van der Waals surface area contributed by atoms with Crippen LogP contribution in [0.1, 0.15) is 61.2 Å². The van der Waals surface area contributed by atoms with Crippen molar-refractivity contribution in [1.29, 1.82) is 0 Å². The van der Waals surface area contributed by atoms with Crippen molar-refractivity contribution in [3.63, 3.8) is 0 Å². The molecular formula is C24H23N3O3S. The predicted octanol–water partition coefficient (Wildman–Crippen LogP) is 3.92. The van der Waals surface area contributed by atoms with Gasteiger partial charge in [-0.25, -0.2) is 4.98 Å². The zero-order chi connectivity index (χ0) is 22.0. The summed E-state index contributed by atoms with van der Waals surface area (Å²) in [5.41, 5.74) is 2.98. The number of carbonyl (C=O) groups is 3. The molecule has 1 N–H and O–H groups in total. The van der Waals surface area contributed by atoms with Gasteiger partial charge >= 0.3 is 0 Å². The van der Waals surface area contributed by atoms with Crippen molar-refractivity contribution in [2.45, 2.75) is 26.8 Å². The van der Waals surface area contributed by atoms with Crippen molar-refractivity contribution in [2.24, 2.45) is 5.92 Å². The lowest BCUT2D eigenvalue weighted by atomic mass is 10.1. The maximum Gasteiger partial charge on any atom is 0.261 e. The molecule has 2 heterocycles. The average Bonchev–Trinajstić information content (AvgIpc) is 3.30. The predicted molar refractivity (Wildman–Crippen MR) is 119 cm³/mol. The van der Waals surface area contributed by atoms with Crippen molar-refractivity contribution in [2.75, 3.05) is 6.54 Å². The first-order chi connectivity index (χ1) is 14.9. The van der Waals surface area contributed by atoms with E-state index < -0.39 is 0 Å². The number of carbonyl (C=O) groups excluding carboxylic acids is 3. The highest BCUT2D eigenvalue weighted by Gasteiger charge is 2.36. The molecule has 31 heavy (non-hydrogen) atoms. The lowest BCUT2D eigenvalue weighted by Gasteiger charge is -2.15. The summed E-state index contributed by atoms with van der Waals surface area (Å²) in [6, 6.07) is 14.8. The average molecular weight is 434 g/mol. The third kappa shape index (κ3) is 4.56. The van der Waals surface area contributed by atoms with Gasteiger partial charge in [0, 0.05) is 23.9 Å². The van der Waals surface area contributed by atoms with Crippen LogP contribution in [-0.2, 0) is 13.0 Å². The van der Waals surface area contributed by atoms with E-state index >= 15 is 0 Å². The molecule has 0 unspecified atom stereocenters. The standard InChI is InChI=1S/C24H23N3O3S/c1-15(2)13-27-23(29)19-9-8-17(11-20(19)24(27)30)22(28)25-12-18-14-31-21(26-18)10-16-6-4-3-5-7-16/h3-9,11,14-15H,10,12-13H2,1-2H3,(H,25,28). The molecule has 3 aromatic rings. The number of benzene rings is 2. The molecule has 0 saturated carbocycles. The van der Waals surface area contributed by atoms with Gasteiger partial charge < -0.3 is 5.32 Å². The Morgan fingerprint density at radius 2 is 1.81 bits per heavy atom. The Morgan fingerprint density at radius 3 is 2.55 bits per heavy atom. The summed E-state index contributed by atoms with van der Waals surface area (Å²) < 4.78 is 0. The van der Waals surface area contributed by atoms with Crippen LogP contribution >= 0.6 is 11.3 Å². The van der Waals surface area contributed by atoms with Gasteiger partial charge in [0.25, 0.3) is 17.7 Å². The second-order valence-corrected chi connectivity index (χ2v) is 8.90. The Balaban J connectivity index is 1.40. The lowest BCUT2D eigenvalue weighted by Crippen LogP contribution is -2.33. The zero-order valence-corrected chi connectivity index (χ0v) is 18.2. The van der Waals surface area contributed by atoms with E-state index in [9.17, 15) is 14.4 Å². The molecule has 1 aliphatic heterocycles. The van der Waals surface area contributed by atoms with E-state index in [1.807, 2.05) is 37.4 Å². The summed E-state index contributed by atoms with van der Waals surface area (Å²) in [6.45, 7) is 4.56. The number of hydrogen-bond acceptors (Lipinski definition) is 5. The van der Waals surface area contributed by atoms with Gasteiger partial charge in [0.05, 0.1) is 28.4 Å². The molecule has 4 rings (SSSR count). The van der Waals surface area contributed by atoms with Crippen molar-refractivity contribution >= 4 is 29.1 Å². The van der Waals surface area contributed by atoms with Gasteiger partial charge in [0.15, 0.2) is 0 Å². The summed E-state index contributed by atoms with van der Waals surface area (Å²) >= 11 is 1.56.